The van der Waals surface area contributed by atoms with Crippen LogP contribution < -0.4 is 14.8 Å². The summed E-state index contributed by atoms with van der Waals surface area (Å²) in [5, 5.41) is 7.08. The second-order valence-corrected chi connectivity index (χ2v) is 5.66. The van der Waals surface area contributed by atoms with Gasteiger partial charge in [-0.05, 0) is 48.0 Å². The first-order valence-electron chi connectivity index (χ1n) is 8.06. The molecule has 0 radical (unpaired) electrons. The maximum atomic E-state index is 12.3. The second-order valence-electron chi connectivity index (χ2n) is 5.66. The molecule has 2 aromatic carbocycles. The zero-order valence-corrected chi connectivity index (χ0v) is 13.5. The van der Waals surface area contributed by atoms with Crippen LogP contribution in [0.5, 0.6) is 11.5 Å². The smallest absolute Gasteiger partial charge is 0.251 e. The van der Waals surface area contributed by atoms with Gasteiger partial charge in [-0.3, -0.25) is 4.79 Å². The van der Waals surface area contributed by atoms with Gasteiger partial charge in [-0.25, -0.2) is 4.68 Å². The highest BCUT2D eigenvalue weighted by atomic mass is 16.6. The normalized spacial score (nSPS) is 12.6. The van der Waals surface area contributed by atoms with Gasteiger partial charge in [0.05, 0.1) is 5.69 Å². The SMILES string of the molecule is O=C(NCc1ccc2c(c1)OCCO2)c1ccc(-n2cccn2)cc1. The number of benzene rings is 2. The topological polar surface area (TPSA) is 65.4 Å². The molecular weight excluding hydrogens is 318 g/mol. The first kappa shape index (κ1) is 15.3. The van der Waals surface area contributed by atoms with E-state index in [1.807, 2.05) is 42.6 Å². The summed E-state index contributed by atoms with van der Waals surface area (Å²) in [6, 6.07) is 14.9. The molecule has 25 heavy (non-hydrogen) atoms. The lowest BCUT2D eigenvalue weighted by atomic mass is 10.1. The summed E-state index contributed by atoms with van der Waals surface area (Å²) in [7, 11) is 0. The molecule has 2 heterocycles. The minimum atomic E-state index is -0.123. The van der Waals surface area contributed by atoms with Crippen molar-refractivity contribution in [3.8, 4) is 17.2 Å². The first-order chi connectivity index (χ1) is 12.3. The van der Waals surface area contributed by atoms with E-state index in [4.69, 9.17) is 9.47 Å². The van der Waals surface area contributed by atoms with Gasteiger partial charge in [-0.15, -0.1) is 0 Å². The van der Waals surface area contributed by atoms with Gasteiger partial charge in [0, 0.05) is 24.5 Å². The molecule has 126 valence electrons. The number of carbonyl (C=O) groups excluding carboxylic acids is 1. The maximum Gasteiger partial charge on any atom is 0.251 e. The summed E-state index contributed by atoms with van der Waals surface area (Å²) in [6.45, 7) is 1.54. The number of aromatic nitrogens is 2. The Kier molecular flexibility index (Phi) is 4.08. The van der Waals surface area contributed by atoms with Crippen molar-refractivity contribution >= 4 is 5.91 Å². The Morgan fingerprint density at radius 2 is 1.88 bits per heavy atom. The molecule has 0 atom stereocenters. The third-order valence-electron chi connectivity index (χ3n) is 3.96. The number of nitrogens with zero attached hydrogens (tertiary/aromatic N) is 2. The zero-order valence-electron chi connectivity index (χ0n) is 13.5. The molecule has 0 saturated carbocycles. The Labute approximate surface area is 145 Å². The average Bonchev–Trinajstić information content (AvgIpc) is 3.21. The fourth-order valence-electron chi connectivity index (χ4n) is 2.67. The number of amides is 1. The van der Waals surface area contributed by atoms with E-state index in [0.29, 0.717) is 25.3 Å². The van der Waals surface area contributed by atoms with E-state index in [9.17, 15) is 4.79 Å². The standard InChI is InChI=1S/C19H17N3O3/c23-19(15-3-5-16(6-4-15)22-9-1-8-21-22)20-13-14-2-7-17-18(12-14)25-11-10-24-17/h1-9,12H,10-11,13H2,(H,20,23). The number of ether oxygens (including phenoxy) is 2. The van der Waals surface area contributed by atoms with Gasteiger partial charge < -0.3 is 14.8 Å². The van der Waals surface area contributed by atoms with Crippen LogP contribution in [0.2, 0.25) is 0 Å². The molecule has 1 amide bonds. The minimum absolute atomic E-state index is 0.123. The number of rotatable bonds is 4. The van der Waals surface area contributed by atoms with Crippen LogP contribution >= 0.6 is 0 Å². The van der Waals surface area contributed by atoms with Crippen LogP contribution in [0.25, 0.3) is 5.69 Å². The highest BCUT2D eigenvalue weighted by Gasteiger charge is 2.12. The quantitative estimate of drug-likeness (QED) is 0.796. The van der Waals surface area contributed by atoms with Gasteiger partial charge in [-0.1, -0.05) is 6.07 Å². The van der Waals surface area contributed by atoms with Crippen LogP contribution in [-0.4, -0.2) is 28.9 Å². The van der Waals surface area contributed by atoms with Crippen LogP contribution in [0.1, 0.15) is 15.9 Å². The molecule has 1 aliphatic heterocycles. The number of hydrogen-bond acceptors (Lipinski definition) is 4. The number of hydrogen-bond donors (Lipinski definition) is 1. The zero-order chi connectivity index (χ0) is 17.1. The van der Waals surface area contributed by atoms with Crippen molar-refractivity contribution in [1.82, 2.24) is 15.1 Å². The first-order valence-corrected chi connectivity index (χ1v) is 8.06. The number of carbonyl (C=O) groups is 1. The van der Waals surface area contributed by atoms with Crippen molar-refractivity contribution in [2.45, 2.75) is 6.54 Å². The van der Waals surface area contributed by atoms with Crippen molar-refractivity contribution in [2.24, 2.45) is 0 Å². The molecule has 1 aliphatic rings. The Morgan fingerprint density at radius 1 is 1.08 bits per heavy atom. The van der Waals surface area contributed by atoms with Crippen molar-refractivity contribution in [2.75, 3.05) is 13.2 Å². The molecule has 0 spiro atoms. The molecule has 6 nitrogen and oxygen atoms in total. The summed E-state index contributed by atoms with van der Waals surface area (Å²) in [5.41, 5.74) is 2.48. The van der Waals surface area contributed by atoms with E-state index < -0.39 is 0 Å². The molecule has 0 fully saturated rings. The molecule has 0 unspecified atom stereocenters. The predicted molar refractivity (Wildman–Crippen MR) is 92.2 cm³/mol. The van der Waals surface area contributed by atoms with Gasteiger partial charge in [0.15, 0.2) is 11.5 Å². The van der Waals surface area contributed by atoms with Crippen molar-refractivity contribution in [1.29, 1.82) is 0 Å². The lowest BCUT2D eigenvalue weighted by Crippen LogP contribution is -2.23. The highest BCUT2D eigenvalue weighted by Crippen LogP contribution is 2.30. The summed E-state index contributed by atoms with van der Waals surface area (Å²) in [4.78, 5) is 12.3. The van der Waals surface area contributed by atoms with Crippen molar-refractivity contribution in [3.63, 3.8) is 0 Å². The van der Waals surface area contributed by atoms with Crippen LogP contribution in [0.15, 0.2) is 60.9 Å². The van der Waals surface area contributed by atoms with Gasteiger partial charge >= 0.3 is 0 Å². The third-order valence-corrected chi connectivity index (χ3v) is 3.96. The fraction of sp³-hybridized carbons (Fsp3) is 0.158. The van der Waals surface area contributed by atoms with E-state index in [0.717, 1.165) is 22.7 Å². The summed E-state index contributed by atoms with van der Waals surface area (Å²) < 4.78 is 12.8. The lowest BCUT2D eigenvalue weighted by molar-refractivity contribution is 0.0951. The number of fused-ring (bicyclic) bond motifs is 1. The average molecular weight is 335 g/mol. The summed E-state index contributed by atoms with van der Waals surface area (Å²) >= 11 is 0. The van der Waals surface area contributed by atoms with Crippen LogP contribution in [0, 0.1) is 0 Å². The van der Waals surface area contributed by atoms with E-state index >= 15 is 0 Å². The second kappa shape index (κ2) is 6.68. The van der Waals surface area contributed by atoms with Gasteiger partial charge in [0.2, 0.25) is 0 Å². The van der Waals surface area contributed by atoms with E-state index in [-0.39, 0.29) is 5.91 Å². The monoisotopic (exact) mass is 335 g/mol. The van der Waals surface area contributed by atoms with Crippen molar-refractivity contribution in [3.05, 3.63) is 72.1 Å². The van der Waals surface area contributed by atoms with Crippen LogP contribution in [-0.2, 0) is 6.54 Å². The Bertz CT molecular complexity index is 873. The summed E-state index contributed by atoms with van der Waals surface area (Å²) in [6.07, 6.45) is 3.57. The van der Waals surface area contributed by atoms with E-state index in [2.05, 4.69) is 10.4 Å². The van der Waals surface area contributed by atoms with Crippen molar-refractivity contribution < 1.29 is 14.3 Å². The molecule has 0 aliphatic carbocycles. The third kappa shape index (κ3) is 3.33. The Morgan fingerprint density at radius 3 is 2.64 bits per heavy atom. The van der Waals surface area contributed by atoms with Gasteiger partial charge in [0.1, 0.15) is 13.2 Å². The molecule has 4 rings (SSSR count). The lowest BCUT2D eigenvalue weighted by Gasteiger charge is -2.19. The Hall–Kier alpha value is -3.28. The molecular formula is C19H17N3O3. The van der Waals surface area contributed by atoms with Crippen LogP contribution in [0.4, 0.5) is 0 Å². The largest absolute Gasteiger partial charge is 0.486 e. The molecule has 1 aromatic heterocycles. The molecule has 3 aromatic rings. The van der Waals surface area contributed by atoms with Gasteiger partial charge in [-0.2, -0.15) is 5.10 Å². The molecule has 1 N–H and O–H groups in total. The molecule has 0 saturated heterocycles. The fourth-order valence-corrected chi connectivity index (χ4v) is 2.67. The Balaban J connectivity index is 1.40. The summed E-state index contributed by atoms with van der Waals surface area (Å²) in [5.74, 6) is 1.35. The van der Waals surface area contributed by atoms with Gasteiger partial charge in [0.25, 0.3) is 5.91 Å². The predicted octanol–water partition coefficient (Wildman–Crippen LogP) is 2.57. The number of nitrogens with one attached hydrogen (secondary N) is 1. The minimum Gasteiger partial charge on any atom is -0.486 e. The van der Waals surface area contributed by atoms with E-state index in [1.54, 1.807) is 23.0 Å². The van der Waals surface area contributed by atoms with Crippen LogP contribution in [0.3, 0.4) is 0 Å². The maximum absolute atomic E-state index is 12.3. The molecule has 6 heteroatoms. The highest BCUT2D eigenvalue weighted by molar-refractivity contribution is 5.94. The molecule has 0 bridgehead atoms. The van der Waals surface area contributed by atoms with E-state index in [1.165, 1.54) is 0 Å².